The fourth-order valence-corrected chi connectivity index (χ4v) is 5.24. The summed E-state index contributed by atoms with van der Waals surface area (Å²) < 4.78 is 10.9. The number of amides is 2. The number of carbonyl (C=O) groups is 2. The lowest BCUT2D eigenvalue weighted by Gasteiger charge is -2.35. The van der Waals surface area contributed by atoms with E-state index in [4.69, 9.17) is 44.6 Å². The molecular formula is C28H24Cl2N4O4S. The van der Waals surface area contributed by atoms with Crippen LogP contribution in [0.5, 0.6) is 5.75 Å². The Labute approximate surface area is 240 Å². The standard InChI is InChI=1S/C28H24Cl2N4O4S/c1-37-25-21(29)14-18(15-22(25)30)26(35)32-28(39)31-19-6-8-20(9-7-19)33-10-12-34(13-11-33)27(36)24-16-17-4-2-3-5-23(17)38-24/h2-9,14-16H,10-13H2,1H3,(H2,31,32,35,39). The Bertz CT molecular complexity index is 1490. The molecule has 0 unspecified atom stereocenters. The number of methoxy groups -OCH3 is 1. The van der Waals surface area contributed by atoms with Crippen LogP contribution in [0.4, 0.5) is 11.4 Å². The summed E-state index contributed by atoms with van der Waals surface area (Å²) in [5.74, 6) is 0.113. The average Bonchev–Trinajstić information content (AvgIpc) is 3.37. The number of hydrogen-bond donors (Lipinski definition) is 2. The van der Waals surface area contributed by atoms with E-state index in [1.165, 1.54) is 19.2 Å². The van der Waals surface area contributed by atoms with E-state index in [2.05, 4.69) is 15.5 Å². The molecule has 200 valence electrons. The van der Waals surface area contributed by atoms with E-state index < -0.39 is 5.91 Å². The van der Waals surface area contributed by atoms with Gasteiger partial charge in [0.1, 0.15) is 5.58 Å². The van der Waals surface area contributed by atoms with Crippen LogP contribution in [0.25, 0.3) is 11.0 Å². The summed E-state index contributed by atoms with van der Waals surface area (Å²) in [6.45, 7) is 2.57. The van der Waals surface area contributed by atoms with Crippen LogP contribution in [-0.2, 0) is 0 Å². The lowest BCUT2D eigenvalue weighted by molar-refractivity contribution is 0.0717. The quantitative estimate of drug-likeness (QED) is 0.286. The fraction of sp³-hybridized carbons (Fsp3) is 0.179. The third-order valence-electron chi connectivity index (χ3n) is 6.39. The molecule has 1 fully saturated rings. The molecule has 2 N–H and O–H groups in total. The molecule has 8 nitrogen and oxygen atoms in total. The molecule has 0 aliphatic carbocycles. The smallest absolute Gasteiger partial charge is 0.289 e. The second-order valence-electron chi connectivity index (χ2n) is 8.86. The summed E-state index contributed by atoms with van der Waals surface area (Å²) in [4.78, 5) is 29.5. The third kappa shape index (κ3) is 5.95. The SMILES string of the molecule is COc1c(Cl)cc(C(=O)NC(=S)Nc2ccc(N3CCN(C(=O)c4cc5ccccc5o4)CC3)cc2)cc1Cl. The van der Waals surface area contributed by atoms with E-state index in [9.17, 15) is 9.59 Å². The lowest BCUT2D eigenvalue weighted by atomic mass is 10.2. The summed E-state index contributed by atoms with van der Waals surface area (Å²) in [5, 5.41) is 7.13. The first kappa shape index (κ1) is 26.8. The minimum absolute atomic E-state index is 0.0971. The summed E-state index contributed by atoms with van der Waals surface area (Å²) in [5.41, 5.74) is 2.70. The maximum atomic E-state index is 12.9. The number of furan rings is 1. The highest BCUT2D eigenvalue weighted by molar-refractivity contribution is 7.80. The van der Waals surface area contributed by atoms with Gasteiger partial charge in [0.25, 0.3) is 11.8 Å². The van der Waals surface area contributed by atoms with Gasteiger partial charge in [0, 0.05) is 48.5 Å². The Hall–Kier alpha value is -3.79. The predicted molar refractivity (Wildman–Crippen MR) is 157 cm³/mol. The molecule has 0 saturated carbocycles. The van der Waals surface area contributed by atoms with E-state index in [0.717, 1.165) is 11.1 Å². The summed E-state index contributed by atoms with van der Waals surface area (Å²) in [6, 6.07) is 20.0. The van der Waals surface area contributed by atoms with Gasteiger partial charge < -0.3 is 24.3 Å². The van der Waals surface area contributed by atoms with Crippen molar-refractivity contribution in [3.63, 3.8) is 0 Å². The number of hydrogen-bond acceptors (Lipinski definition) is 6. The molecule has 4 aromatic rings. The van der Waals surface area contributed by atoms with E-state index in [1.807, 2.05) is 53.4 Å². The maximum absolute atomic E-state index is 12.9. The van der Waals surface area contributed by atoms with Gasteiger partial charge in [-0.1, -0.05) is 41.4 Å². The molecule has 0 bridgehead atoms. The number of thiocarbonyl (C=S) groups is 1. The van der Waals surface area contributed by atoms with Crippen LogP contribution >= 0.6 is 35.4 Å². The highest BCUT2D eigenvalue weighted by Gasteiger charge is 2.25. The second-order valence-corrected chi connectivity index (χ2v) is 10.1. The number of piperazine rings is 1. The number of ether oxygens (including phenoxy) is 1. The van der Waals surface area contributed by atoms with Gasteiger partial charge in [0.15, 0.2) is 16.6 Å². The first-order valence-corrected chi connectivity index (χ1v) is 13.3. The molecule has 2 amide bonds. The normalized spacial score (nSPS) is 13.3. The second kappa shape index (κ2) is 11.5. The van der Waals surface area contributed by atoms with E-state index in [-0.39, 0.29) is 26.6 Å². The Morgan fingerprint density at radius 2 is 1.62 bits per heavy atom. The Morgan fingerprint density at radius 1 is 0.949 bits per heavy atom. The number of nitrogens with zero attached hydrogens (tertiary/aromatic N) is 2. The Balaban J connectivity index is 1.13. The number of nitrogens with one attached hydrogen (secondary N) is 2. The molecule has 1 aliphatic rings. The van der Waals surface area contributed by atoms with Crippen molar-refractivity contribution in [3.05, 3.63) is 88.1 Å². The molecule has 0 spiro atoms. The van der Waals surface area contributed by atoms with Crippen LogP contribution in [0.2, 0.25) is 10.0 Å². The molecule has 1 aliphatic heterocycles. The van der Waals surface area contributed by atoms with Gasteiger partial charge in [-0.25, -0.2) is 0 Å². The van der Waals surface area contributed by atoms with Crippen molar-refractivity contribution >= 4 is 74.7 Å². The van der Waals surface area contributed by atoms with Gasteiger partial charge in [-0.2, -0.15) is 0 Å². The van der Waals surface area contributed by atoms with Crippen molar-refractivity contribution in [1.82, 2.24) is 10.2 Å². The summed E-state index contributed by atoms with van der Waals surface area (Å²) >= 11 is 17.5. The average molecular weight is 583 g/mol. The Kier molecular flexibility index (Phi) is 7.92. The van der Waals surface area contributed by atoms with Crippen LogP contribution < -0.4 is 20.3 Å². The molecule has 0 atom stereocenters. The summed E-state index contributed by atoms with van der Waals surface area (Å²) in [7, 11) is 1.45. The van der Waals surface area contributed by atoms with E-state index in [1.54, 1.807) is 6.07 Å². The molecular weight excluding hydrogens is 559 g/mol. The molecule has 1 saturated heterocycles. The van der Waals surface area contributed by atoms with Crippen molar-refractivity contribution < 1.29 is 18.7 Å². The van der Waals surface area contributed by atoms with Crippen LogP contribution in [0, 0.1) is 0 Å². The van der Waals surface area contributed by atoms with E-state index in [0.29, 0.717) is 49.0 Å². The van der Waals surface area contributed by atoms with Crippen molar-refractivity contribution in [2.45, 2.75) is 0 Å². The van der Waals surface area contributed by atoms with Crippen molar-refractivity contribution in [2.75, 3.05) is 43.5 Å². The van der Waals surface area contributed by atoms with E-state index >= 15 is 0 Å². The van der Waals surface area contributed by atoms with Crippen LogP contribution in [0.15, 0.2) is 71.1 Å². The van der Waals surface area contributed by atoms with Gasteiger partial charge >= 0.3 is 0 Å². The molecule has 3 aromatic carbocycles. The summed E-state index contributed by atoms with van der Waals surface area (Å²) in [6.07, 6.45) is 0. The van der Waals surface area contributed by atoms with Gasteiger partial charge in [-0.05, 0) is 60.7 Å². The molecule has 2 heterocycles. The zero-order chi connectivity index (χ0) is 27.5. The minimum Gasteiger partial charge on any atom is -0.494 e. The highest BCUT2D eigenvalue weighted by Crippen LogP contribution is 2.33. The zero-order valence-corrected chi connectivity index (χ0v) is 23.2. The topological polar surface area (TPSA) is 87.0 Å². The molecule has 39 heavy (non-hydrogen) atoms. The zero-order valence-electron chi connectivity index (χ0n) is 20.9. The number of para-hydroxylation sites is 1. The van der Waals surface area contributed by atoms with Crippen LogP contribution in [0.3, 0.4) is 0 Å². The number of carbonyl (C=O) groups excluding carboxylic acids is 2. The van der Waals surface area contributed by atoms with Gasteiger partial charge in [-0.15, -0.1) is 0 Å². The molecule has 0 radical (unpaired) electrons. The molecule has 1 aromatic heterocycles. The first-order chi connectivity index (χ1) is 18.8. The number of rotatable bonds is 5. The largest absolute Gasteiger partial charge is 0.494 e. The molecule has 11 heteroatoms. The number of fused-ring (bicyclic) bond motifs is 1. The number of anilines is 2. The maximum Gasteiger partial charge on any atom is 0.289 e. The van der Waals surface area contributed by atoms with Crippen molar-refractivity contribution in [1.29, 1.82) is 0 Å². The van der Waals surface area contributed by atoms with Gasteiger partial charge in [0.05, 0.1) is 17.2 Å². The number of halogens is 2. The minimum atomic E-state index is -0.453. The van der Waals surface area contributed by atoms with Crippen molar-refractivity contribution in [3.8, 4) is 5.75 Å². The van der Waals surface area contributed by atoms with Gasteiger partial charge in [-0.3, -0.25) is 14.9 Å². The third-order valence-corrected chi connectivity index (χ3v) is 7.15. The van der Waals surface area contributed by atoms with Crippen LogP contribution in [-0.4, -0.2) is 55.1 Å². The Morgan fingerprint density at radius 3 is 2.26 bits per heavy atom. The highest BCUT2D eigenvalue weighted by atomic mass is 35.5. The van der Waals surface area contributed by atoms with Crippen molar-refractivity contribution in [2.24, 2.45) is 0 Å². The number of benzene rings is 3. The monoisotopic (exact) mass is 582 g/mol. The fourth-order valence-electron chi connectivity index (χ4n) is 4.39. The van der Waals surface area contributed by atoms with Gasteiger partial charge in [0.2, 0.25) is 0 Å². The van der Waals surface area contributed by atoms with Crippen LogP contribution in [0.1, 0.15) is 20.9 Å². The molecule has 5 rings (SSSR count). The first-order valence-electron chi connectivity index (χ1n) is 12.1. The lowest BCUT2D eigenvalue weighted by Crippen LogP contribution is -2.48. The predicted octanol–water partition coefficient (Wildman–Crippen LogP) is 5.84.